The molecule has 1 rings (SSSR count). The first-order valence-electron chi connectivity index (χ1n) is 4.48. The molecule has 0 radical (unpaired) electrons. The Morgan fingerprint density at radius 3 is 2.64 bits per heavy atom. The normalized spacial score (nSPS) is 35.3. The van der Waals surface area contributed by atoms with Crippen LogP contribution in [0.2, 0.25) is 0 Å². The predicted octanol–water partition coefficient (Wildman–Crippen LogP) is 1.45. The Morgan fingerprint density at radius 1 is 1.57 bits per heavy atom. The zero-order chi connectivity index (χ0) is 10.8. The molecular formula is C9H13N3O2. The minimum Gasteiger partial charge on any atom is -0.464 e. The van der Waals surface area contributed by atoms with Gasteiger partial charge >= 0.3 is 5.97 Å². The number of esters is 1. The quantitative estimate of drug-likeness (QED) is 0.626. The third kappa shape index (κ3) is 1.74. The van der Waals surface area contributed by atoms with Gasteiger partial charge in [-0.1, -0.05) is 0 Å². The average molecular weight is 195 g/mol. The van der Waals surface area contributed by atoms with E-state index in [0.717, 1.165) is 0 Å². The molecule has 1 aliphatic heterocycles. The third-order valence-electron chi connectivity index (χ3n) is 2.14. The number of nitrogens with zero attached hydrogens (tertiary/aromatic N) is 3. The molecule has 5 heteroatoms. The van der Waals surface area contributed by atoms with Gasteiger partial charge in [0.05, 0.1) is 12.7 Å². The fraction of sp³-hybridized carbons (Fsp3) is 0.778. The van der Waals surface area contributed by atoms with E-state index in [2.05, 4.69) is 10.2 Å². The van der Waals surface area contributed by atoms with Crippen LogP contribution in [0, 0.1) is 11.3 Å². The maximum atomic E-state index is 11.5. The highest BCUT2D eigenvalue weighted by molar-refractivity contribution is 5.81. The number of carbonyl (C=O) groups excluding carboxylic acids is 1. The molecule has 0 bridgehead atoms. The molecule has 5 nitrogen and oxygen atoms in total. The summed E-state index contributed by atoms with van der Waals surface area (Å²) in [6.07, 6.45) is 0.287. The van der Waals surface area contributed by atoms with Crippen LogP contribution in [0.4, 0.5) is 0 Å². The second-order valence-corrected chi connectivity index (χ2v) is 3.76. The summed E-state index contributed by atoms with van der Waals surface area (Å²) in [5.41, 5.74) is -1.87. The standard InChI is InChI=1S/C9H13N3O2/c1-4-14-7(13)9(3)5-8(2,6-10)11-12-9/h4-5H2,1-3H3. The number of nitriles is 1. The van der Waals surface area contributed by atoms with E-state index >= 15 is 0 Å². The third-order valence-corrected chi connectivity index (χ3v) is 2.14. The summed E-state index contributed by atoms with van der Waals surface area (Å²) in [7, 11) is 0. The summed E-state index contributed by atoms with van der Waals surface area (Å²) < 4.78 is 4.86. The second kappa shape index (κ2) is 3.37. The molecule has 0 aromatic carbocycles. The monoisotopic (exact) mass is 195 g/mol. The summed E-state index contributed by atoms with van der Waals surface area (Å²) in [6, 6.07) is 2.02. The molecule has 2 unspecified atom stereocenters. The Kier molecular flexibility index (Phi) is 2.56. The van der Waals surface area contributed by atoms with Gasteiger partial charge in [-0.05, 0) is 20.8 Å². The molecule has 0 aromatic heterocycles. The SMILES string of the molecule is CCOC(=O)C1(C)CC(C)(C#N)N=N1. The first kappa shape index (κ1) is 10.6. The van der Waals surface area contributed by atoms with Crippen molar-refractivity contribution in [1.82, 2.24) is 0 Å². The van der Waals surface area contributed by atoms with E-state index in [1.807, 2.05) is 6.07 Å². The van der Waals surface area contributed by atoms with E-state index in [4.69, 9.17) is 10.00 Å². The van der Waals surface area contributed by atoms with Crippen molar-refractivity contribution in [3.05, 3.63) is 0 Å². The molecule has 1 aliphatic rings. The van der Waals surface area contributed by atoms with Crippen molar-refractivity contribution in [3.63, 3.8) is 0 Å². The lowest BCUT2D eigenvalue weighted by molar-refractivity contribution is -0.148. The van der Waals surface area contributed by atoms with Crippen LogP contribution in [0.5, 0.6) is 0 Å². The molecule has 1 heterocycles. The molecule has 0 N–H and O–H groups in total. The molecular weight excluding hydrogens is 182 g/mol. The van der Waals surface area contributed by atoms with Gasteiger partial charge < -0.3 is 4.74 Å². The summed E-state index contributed by atoms with van der Waals surface area (Å²) >= 11 is 0. The number of carbonyl (C=O) groups is 1. The summed E-state index contributed by atoms with van der Waals surface area (Å²) in [4.78, 5) is 11.5. The van der Waals surface area contributed by atoms with E-state index in [1.54, 1.807) is 20.8 Å². The first-order chi connectivity index (χ1) is 6.46. The van der Waals surface area contributed by atoms with Crippen LogP contribution in [0.3, 0.4) is 0 Å². The Bertz CT molecular complexity index is 321. The summed E-state index contributed by atoms with van der Waals surface area (Å²) in [6.45, 7) is 5.34. The van der Waals surface area contributed by atoms with Gasteiger partial charge in [-0.2, -0.15) is 15.5 Å². The first-order valence-corrected chi connectivity index (χ1v) is 4.48. The van der Waals surface area contributed by atoms with Gasteiger partial charge in [0.1, 0.15) is 0 Å². The van der Waals surface area contributed by atoms with Gasteiger partial charge in [-0.3, -0.25) is 0 Å². The summed E-state index contributed by atoms with van der Waals surface area (Å²) in [5, 5.41) is 16.5. The minimum absolute atomic E-state index is 0.287. The number of hydrogen-bond donors (Lipinski definition) is 0. The molecule has 0 saturated heterocycles. The maximum absolute atomic E-state index is 11.5. The van der Waals surface area contributed by atoms with Crippen LogP contribution in [-0.2, 0) is 9.53 Å². The smallest absolute Gasteiger partial charge is 0.335 e. The Balaban J connectivity index is 2.79. The van der Waals surface area contributed by atoms with Gasteiger partial charge in [0.15, 0.2) is 11.1 Å². The lowest BCUT2D eigenvalue weighted by Gasteiger charge is -2.18. The van der Waals surface area contributed by atoms with Crippen molar-refractivity contribution in [1.29, 1.82) is 5.26 Å². The molecule has 0 saturated carbocycles. The van der Waals surface area contributed by atoms with E-state index in [-0.39, 0.29) is 6.42 Å². The molecule has 0 fully saturated rings. The summed E-state index contributed by atoms with van der Waals surface area (Å²) in [5.74, 6) is -0.414. The van der Waals surface area contributed by atoms with Gasteiger partial charge in [-0.15, -0.1) is 0 Å². The van der Waals surface area contributed by atoms with Crippen LogP contribution in [0.25, 0.3) is 0 Å². The van der Waals surface area contributed by atoms with Crippen molar-refractivity contribution in [3.8, 4) is 6.07 Å². The van der Waals surface area contributed by atoms with E-state index < -0.39 is 17.0 Å². The molecule has 0 amide bonds. The molecule has 2 atom stereocenters. The molecule has 14 heavy (non-hydrogen) atoms. The van der Waals surface area contributed by atoms with E-state index in [1.165, 1.54) is 0 Å². The van der Waals surface area contributed by atoms with Crippen molar-refractivity contribution in [2.24, 2.45) is 10.2 Å². The Labute approximate surface area is 82.8 Å². The lowest BCUT2D eigenvalue weighted by Crippen LogP contribution is -2.36. The van der Waals surface area contributed by atoms with Gasteiger partial charge in [0.25, 0.3) is 0 Å². The maximum Gasteiger partial charge on any atom is 0.335 e. The highest BCUT2D eigenvalue weighted by atomic mass is 16.5. The van der Waals surface area contributed by atoms with Gasteiger partial charge in [0.2, 0.25) is 0 Å². The molecule has 0 spiro atoms. The minimum atomic E-state index is -0.986. The van der Waals surface area contributed by atoms with Crippen molar-refractivity contribution < 1.29 is 9.53 Å². The topological polar surface area (TPSA) is 74.8 Å². The Morgan fingerprint density at radius 2 is 2.21 bits per heavy atom. The fourth-order valence-electron chi connectivity index (χ4n) is 1.42. The number of rotatable bonds is 2. The molecule has 0 aromatic rings. The van der Waals surface area contributed by atoms with Crippen molar-refractivity contribution in [2.75, 3.05) is 6.61 Å². The number of azo groups is 1. The van der Waals surface area contributed by atoms with Gasteiger partial charge in [0, 0.05) is 6.42 Å². The second-order valence-electron chi connectivity index (χ2n) is 3.76. The predicted molar refractivity (Wildman–Crippen MR) is 48.5 cm³/mol. The van der Waals surface area contributed by atoms with Crippen LogP contribution in [0.15, 0.2) is 10.2 Å². The van der Waals surface area contributed by atoms with Crippen LogP contribution in [0.1, 0.15) is 27.2 Å². The van der Waals surface area contributed by atoms with Crippen LogP contribution >= 0.6 is 0 Å². The highest BCUT2D eigenvalue weighted by Gasteiger charge is 2.47. The fourth-order valence-corrected chi connectivity index (χ4v) is 1.42. The highest BCUT2D eigenvalue weighted by Crippen LogP contribution is 2.35. The Hall–Kier alpha value is -1.44. The van der Waals surface area contributed by atoms with Crippen LogP contribution < -0.4 is 0 Å². The number of hydrogen-bond acceptors (Lipinski definition) is 5. The number of ether oxygens (including phenoxy) is 1. The molecule has 76 valence electrons. The van der Waals surface area contributed by atoms with Crippen molar-refractivity contribution in [2.45, 2.75) is 38.3 Å². The van der Waals surface area contributed by atoms with Crippen molar-refractivity contribution >= 4 is 5.97 Å². The lowest BCUT2D eigenvalue weighted by atomic mass is 9.88. The molecule has 0 aliphatic carbocycles. The van der Waals surface area contributed by atoms with Crippen LogP contribution in [-0.4, -0.2) is 23.7 Å². The average Bonchev–Trinajstić information content (AvgIpc) is 2.46. The van der Waals surface area contributed by atoms with E-state index in [0.29, 0.717) is 6.61 Å². The zero-order valence-corrected chi connectivity index (χ0v) is 8.57. The van der Waals surface area contributed by atoms with Gasteiger partial charge in [-0.25, -0.2) is 4.79 Å². The van der Waals surface area contributed by atoms with E-state index in [9.17, 15) is 4.79 Å². The largest absolute Gasteiger partial charge is 0.464 e. The zero-order valence-electron chi connectivity index (χ0n) is 8.57.